The highest BCUT2D eigenvalue weighted by Crippen LogP contribution is 2.20. The van der Waals surface area contributed by atoms with Crippen molar-refractivity contribution in [2.45, 2.75) is 65.0 Å². The van der Waals surface area contributed by atoms with Crippen LogP contribution in [-0.2, 0) is 9.32 Å². The number of rotatable bonds is 5. The average molecular weight is 292 g/mol. The molecule has 0 radical (unpaired) electrons. The number of hydroxylamine groups is 1. The van der Waals surface area contributed by atoms with Gasteiger partial charge < -0.3 is 4.53 Å². The molecular formula is C11H29NO2Si3. The molecule has 0 rings (SSSR count). The normalized spacial score (nSPS) is 13.7. The second-order valence-electron chi connectivity index (χ2n) is 7.80. The highest BCUT2D eigenvalue weighted by Gasteiger charge is 2.35. The molecule has 6 heteroatoms. The van der Waals surface area contributed by atoms with E-state index in [2.05, 4.69) is 58.9 Å². The van der Waals surface area contributed by atoms with Crippen LogP contribution in [0.2, 0.25) is 65.0 Å². The van der Waals surface area contributed by atoms with Crippen molar-refractivity contribution in [3.05, 3.63) is 0 Å². The van der Waals surface area contributed by atoms with Gasteiger partial charge in [0.1, 0.15) is 0 Å². The molecule has 3 nitrogen and oxygen atoms in total. The summed E-state index contributed by atoms with van der Waals surface area (Å²) in [6, 6.07) is 0.682. The molecule has 0 spiro atoms. The second kappa shape index (κ2) is 5.38. The maximum absolute atomic E-state index is 12.4. The van der Waals surface area contributed by atoms with Gasteiger partial charge >= 0.3 is 0 Å². The summed E-state index contributed by atoms with van der Waals surface area (Å²) in [5, 5.41) is 0. The fourth-order valence-electron chi connectivity index (χ4n) is 1.36. The minimum atomic E-state index is -1.74. The lowest BCUT2D eigenvalue weighted by Crippen LogP contribution is -2.55. The number of nitrogens with zero attached hydrogens (tertiary/aromatic N) is 1. The van der Waals surface area contributed by atoms with Gasteiger partial charge in [0.25, 0.3) is 0 Å². The van der Waals surface area contributed by atoms with Crippen LogP contribution in [0.15, 0.2) is 0 Å². The molecule has 0 fully saturated rings. The molecule has 0 atom stereocenters. The molecule has 102 valence electrons. The van der Waals surface area contributed by atoms with E-state index in [1.807, 2.05) is 0 Å². The highest BCUT2D eigenvalue weighted by molar-refractivity contribution is 6.81. The van der Waals surface area contributed by atoms with Crippen molar-refractivity contribution in [1.82, 2.24) is 4.73 Å². The molecule has 0 saturated heterocycles. The van der Waals surface area contributed by atoms with Crippen LogP contribution in [0.3, 0.4) is 0 Å². The van der Waals surface area contributed by atoms with E-state index in [-0.39, 0.29) is 5.91 Å². The third-order valence-electron chi connectivity index (χ3n) is 1.88. The molecular weight excluding hydrogens is 262 g/mol. The van der Waals surface area contributed by atoms with Crippen molar-refractivity contribution in [1.29, 1.82) is 0 Å². The predicted molar refractivity (Wildman–Crippen MR) is 82.8 cm³/mol. The van der Waals surface area contributed by atoms with Crippen LogP contribution in [0.25, 0.3) is 0 Å². The number of hydrogen-bond acceptors (Lipinski definition) is 2. The van der Waals surface area contributed by atoms with Gasteiger partial charge in [-0.05, 0) is 39.3 Å². The largest absolute Gasteiger partial charge is 0.326 e. The Morgan fingerprint density at radius 3 is 1.59 bits per heavy atom. The topological polar surface area (TPSA) is 29.5 Å². The van der Waals surface area contributed by atoms with Crippen LogP contribution in [0.4, 0.5) is 0 Å². The van der Waals surface area contributed by atoms with Crippen molar-refractivity contribution in [2.75, 3.05) is 0 Å². The Labute approximate surface area is 110 Å². The molecule has 0 unspecified atom stereocenters. The molecule has 0 N–H and O–H groups in total. The summed E-state index contributed by atoms with van der Waals surface area (Å²) in [7, 11) is -4.82. The number of hydrogen-bond donors (Lipinski definition) is 0. The van der Waals surface area contributed by atoms with Gasteiger partial charge in [0.15, 0.2) is 8.24 Å². The lowest BCUT2D eigenvalue weighted by Gasteiger charge is -2.39. The molecule has 0 aliphatic rings. The Morgan fingerprint density at radius 1 is 0.941 bits per heavy atom. The number of carbonyl (C=O) groups excluding carboxylic acids is 1. The Bertz CT molecular complexity index is 274. The molecule has 1 amide bonds. The van der Waals surface area contributed by atoms with Crippen molar-refractivity contribution >= 4 is 30.5 Å². The molecule has 0 aliphatic carbocycles. The van der Waals surface area contributed by atoms with Gasteiger partial charge in [0.05, 0.1) is 8.07 Å². The maximum atomic E-state index is 12.4. The van der Waals surface area contributed by atoms with Crippen molar-refractivity contribution in [3.63, 3.8) is 0 Å². The summed E-state index contributed by atoms with van der Waals surface area (Å²) in [5.41, 5.74) is 0. The Balaban J connectivity index is 4.90. The third kappa shape index (κ3) is 7.91. The summed E-state index contributed by atoms with van der Waals surface area (Å²) >= 11 is 0. The standard InChI is InChI=1S/C11H29NO2Si3/c1-15(2,3)10-11(13)12(16(4,5)6)14-17(7,8)9/h10H2,1-9H3. The lowest BCUT2D eigenvalue weighted by atomic mass is 10.7. The Kier molecular flexibility index (Phi) is 5.40. The van der Waals surface area contributed by atoms with Crippen LogP contribution < -0.4 is 0 Å². The van der Waals surface area contributed by atoms with E-state index in [0.717, 1.165) is 0 Å². The van der Waals surface area contributed by atoms with Crippen LogP contribution in [0, 0.1) is 0 Å². The van der Waals surface area contributed by atoms with Gasteiger partial charge in [0, 0.05) is 6.04 Å². The summed E-state index contributed by atoms with van der Waals surface area (Å²) in [5.74, 6) is 0.200. The van der Waals surface area contributed by atoms with Gasteiger partial charge in [-0.3, -0.25) is 9.52 Å². The van der Waals surface area contributed by atoms with Crippen LogP contribution in [0.5, 0.6) is 0 Å². The Morgan fingerprint density at radius 2 is 1.35 bits per heavy atom. The molecule has 0 aromatic rings. The van der Waals surface area contributed by atoms with E-state index in [0.29, 0.717) is 6.04 Å². The minimum Gasteiger partial charge on any atom is -0.326 e. The number of amides is 1. The Hall–Kier alpha value is 0.0806. The molecule has 0 aliphatic heterocycles. The van der Waals surface area contributed by atoms with Gasteiger partial charge in [-0.1, -0.05) is 19.6 Å². The first-order valence-corrected chi connectivity index (χ1v) is 16.8. The van der Waals surface area contributed by atoms with Gasteiger partial charge in [0.2, 0.25) is 14.2 Å². The van der Waals surface area contributed by atoms with Crippen LogP contribution >= 0.6 is 0 Å². The summed E-state index contributed by atoms with van der Waals surface area (Å²) in [6.07, 6.45) is 0. The number of carbonyl (C=O) groups is 1. The van der Waals surface area contributed by atoms with Gasteiger partial charge in [-0.2, -0.15) is 0 Å². The average Bonchev–Trinajstić information content (AvgIpc) is 1.92. The molecule has 17 heavy (non-hydrogen) atoms. The van der Waals surface area contributed by atoms with Crippen molar-refractivity contribution in [3.8, 4) is 0 Å². The molecule has 0 bridgehead atoms. The first-order chi connectivity index (χ1) is 7.22. The minimum absolute atomic E-state index is 0.200. The fourth-order valence-corrected chi connectivity index (χ4v) is 5.96. The van der Waals surface area contributed by atoms with E-state index < -0.39 is 24.6 Å². The lowest BCUT2D eigenvalue weighted by molar-refractivity contribution is -0.142. The molecule has 0 aromatic carbocycles. The van der Waals surface area contributed by atoms with E-state index >= 15 is 0 Å². The third-order valence-corrected chi connectivity index (χ3v) is 5.72. The zero-order chi connectivity index (χ0) is 14.1. The summed E-state index contributed by atoms with van der Waals surface area (Å²) < 4.78 is 7.78. The van der Waals surface area contributed by atoms with E-state index in [1.165, 1.54) is 0 Å². The smallest absolute Gasteiger partial charge is 0.234 e. The van der Waals surface area contributed by atoms with E-state index in [1.54, 1.807) is 4.73 Å². The SMILES string of the molecule is C[Si](C)(C)CC(=O)N(O[Si](C)(C)C)[Si](C)(C)C. The van der Waals surface area contributed by atoms with E-state index in [9.17, 15) is 4.79 Å². The van der Waals surface area contributed by atoms with Crippen molar-refractivity contribution in [2.24, 2.45) is 0 Å². The first-order valence-electron chi connectivity index (χ1n) is 6.25. The van der Waals surface area contributed by atoms with Gasteiger partial charge in [-0.15, -0.1) is 0 Å². The van der Waals surface area contributed by atoms with Crippen molar-refractivity contribution < 1.29 is 9.32 Å². The van der Waals surface area contributed by atoms with Gasteiger partial charge in [-0.25, -0.2) is 0 Å². The zero-order valence-electron chi connectivity index (χ0n) is 13.0. The maximum Gasteiger partial charge on any atom is 0.234 e. The molecule has 0 aromatic heterocycles. The molecule has 0 heterocycles. The first kappa shape index (κ1) is 17.1. The van der Waals surface area contributed by atoms with Crippen LogP contribution in [-0.4, -0.2) is 35.3 Å². The summed E-state index contributed by atoms with van der Waals surface area (Å²) in [4.78, 5) is 12.4. The quantitative estimate of drug-likeness (QED) is 0.570. The van der Waals surface area contributed by atoms with Crippen LogP contribution in [0.1, 0.15) is 0 Å². The molecule has 0 saturated carbocycles. The fraction of sp³-hybridized carbons (Fsp3) is 0.909. The monoisotopic (exact) mass is 291 g/mol. The summed E-state index contributed by atoms with van der Waals surface area (Å²) in [6.45, 7) is 19.5. The highest BCUT2D eigenvalue weighted by atomic mass is 28.4. The predicted octanol–water partition coefficient (Wildman–Crippen LogP) is 3.75. The zero-order valence-corrected chi connectivity index (χ0v) is 16.0. The van der Waals surface area contributed by atoms with E-state index in [4.69, 9.17) is 4.53 Å². The second-order valence-corrected chi connectivity index (χ2v) is 22.4.